The minimum absolute atomic E-state index is 0.0288. The standard InChI is InChI=1S/C66H82N13O25P3S/c1-65(2)50-17-7-8-18-52(50)78(32-13-33-97-47-24-22-46(80)23-25-47)56(65)19-11-20-57-66(3,4)51-37-49(108(93,94)95)26-27-53(51)77(57)31-9-5-6-21-58(81)70-29-30-71-62(83)44-14-10-16-48(36-44)99-42-60(74-76-68)98-35-34-96-41-59(82)69-28-12-15-45-39-79(64(85)73-63(45)84)61-38-54(100-43-72-75-67)55(102-61)40-101-106(89,90)104-107(91,92)103-105(86,87)88/h7-8,10-11,14,16-20,22-27,36-37,39,54-56,60-61,80H,5-6,9,13,21,28-35,38,40-43H2,1-4H3,(H,69,82)(H,70,81)(H,71,83)(H,89,90)(H,91,92)(H,73,84,85)(H2,86,87,88)(H,93,94,95)/b19-11+,57-20+. The van der Waals surface area contributed by atoms with Crippen LogP contribution < -0.4 is 46.5 Å². The van der Waals surface area contributed by atoms with E-state index in [1.54, 1.807) is 48.5 Å². The first-order chi connectivity index (χ1) is 51.2. The largest absolute Gasteiger partial charge is 0.508 e. The average Bonchev–Trinajstić information content (AvgIpc) is 1.59. The van der Waals surface area contributed by atoms with E-state index in [0.717, 1.165) is 39.8 Å². The molecule has 1 aromatic heterocycles. The molecule has 10 N–H and O–H groups in total. The highest BCUT2D eigenvalue weighted by molar-refractivity contribution is 7.85. The third-order valence-corrected chi connectivity index (χ3v) is 21.7. The molecule has 0 aliphatic carbocycles. The van der Waals surface area contributed by atoms with Gasteiger partial charge in [-0.1, -0.05) is 92.6 Å². The summed E-state index contributed by atoms with van der Waals surface area (Å²) in [6.07, 6.45) is 4.81. The molecule has 0 saturated carbocycles. The molecule has 7 unspecified atom stereocenters. The summed E-state index contributed by atoms with van der Waals surface area (Å²) in [5.74, 6) is 4.77. The fraction of sp³-hybridized carbons (Fsp3) is 0.439. The molecule has 582 valence electrons. The quantitative estimate of drug-likeness (QED) is 0.00350. The van der Waals surface area contributed by atoms with Crippen molar-refractivity contribution < 1.29 is 107 Å². The van der Waals surface area contributed by atoms with E-state index in [4.69, 9.17) is 43.7 Å². The maximum atomic E-state index is 13.2. The van der Waals surface area contributed by atoms with Gasteiger partial charge in [0.15, 0.2) is 6.23 Å². The number of H-pyrrole nitrogens is 1. The number of phosphoric ester groups is 1. The smallest absolute Gasteiger partial charge is 0.490 e. The first-order valence-corrected chi connectivity index (χ1v) is 39.4. The number of phosphoric acid groups is 3. The van der Waals surface area contributed by atoms with E-state index < -0.39 is 107 Å². The highest BCUT2D eigenvalue weighted by atomic mass is 32.2. The highest BCUT2D eigenvalue weighted by Crippen LogP contribution is 2.66. The van der Waals surface area contributed by atoms with Gasteiger partial charge in [-0.15, -0.1) is 0 Å². The van der Waals surface area contributed by atoms with Gasteiger partial charge in [-0.25, -0.2) is 18.5 Å². The topological polar surface area (TPSA) is 536 Å². The van der Waals surface area contributed by atoms with Gasteiger partial charge >= 0.3 is 29.2 Å². The van der Waals surface area contributed by atoms with Gasteiger partial charge in [0.2, 0.25) is 11.8 Å². The van der Waals surface area contributed by atoms with E-state index >= 15 is 0 Å². The number of nitrogens with zero attached hydrogens (tertiary/aromatic N) is 9. The lowest BCUT2D eigenvalue weighted by Crippen LogP contribution is -2.40. The molecule has 1 saturated heterocycles. The molecule has 0 radical (unpaired) electrons. The van der Waals surface area contributed by atoms with Crippen molar-refractivity contribution in [2.45, 2.75) is 113 Å². The molecule has 3 aliphatic heterocycles. The van der Waals surface area contributed by atoms with Crippen LogP contribution in [0.3, 0.4) is 0 Å². The molecule has 42 heteroatoms. The molecule has 5 aromatic rings. The number of allylic oxidation sites excluding steroid dienone is 3. The number of hydrogen-bond acceptors (Lipinski definition) is 24. The Morgan fingerprint density at radius 1 is 0.824 bits per heavy atom. The van der Waals surface area contributed by atoms with Gasteiger partial charge in [-0.3, -0.25) is 37.8 Å². The van der Waals surface area contributed by atoms with E-state index in [-0.39, 0.29) is 97.2 Å². The van der Waals surface area contributed by atoms with Crippen LogP contribution in [0.4, 0.5) is 11.4 Å². The lowest BCUT2D eigenvalue weighted by molar-refractivity contribution is -0.126. The second-order valence-electron chi connectivity index (χ2n) is 25.4. The van der Waals surface area contributed by atoms with Gasteiger partial charge < -0.3 is 78.9 Å². The van der Waals surface area contributed by atoms with Crippen molar-refractivity contribution in [3.05, 3.63) is 185 Å². The first-order valence-electron chi connectivity index (χ1n) is 33.4. The number of aromatic amines is 1. The van der Waals surface area contributed by atoms with Crippen molar-refractivity contribution in [3.8, 4) is 29.1 Å². The second-order valence-corrected chi connectivity index (χ2v) is 31.2. The number of carbonyl (C=O) groups excluding carboxylic acids is 3. The number of benzene rings is 4. The summed E-state index contributed by atoms with van der Waals surface area (Å²) in [6, 6.07) is 25.8. The molecule has 8 rings (SSSR count). The van der Waals surface area contributed by atoms with Crippen LogP contribution in [0.25, 0.3) is 20.9 Å². The normalized spacial score (nSPS) is 18.8. The second kappa shape index (κ2) is 38.2. The number of hydrogen-bond donors (Lipinski definition) is 10. The molecule has 7 atom stereocenters. The van der Waals surface area contributed by atoms with Crippen molar-refractivity contribution >= 4 is 62.7 Å². The molecular formula is C66H82N13O25P3S. The van der Waals surface area contributed by atoms with Crippen LogP contribution in [0.2, 0.25) is 0 Å². The zero-order chi connectivity index (χ0) is 78.5. The number of phenols is 1. The van der Waals surface area contributed by atoms with E-state index in [0.29, 0.717) is 44.7 Å². The number of para-hydroxylation sites is 1. The van der Waals surface area contributed by atoms with Crippen LogP contribution in [0.1, 0.15) is 99.5 Å². The molecule has 38 nitrogen and oxygen atoms in total. The zero-order valence-corrected chi connectivity index (χ0v) is 62.3. The molecule has 4 heterocycles. The number of rotatable bonds is 40. The van der Waals surface area contributed by atoms with E-state index in [9.17, 15) is 71.1 Å². The maximum absolute atomic E-state index is 13.2. The summed E-state index contributed by atoms with van der Waals surface area (Å²) < 4.78 is 117. The Hall–Kier alpha value is -9.21. The van der Waals surface area contributed by atoms with Gasteiger partial charge in [-0.05, 0) is 114 Å². The summed E-state index contributed by atoms with van der Waals surface area (Å²) in [5.41, 5.74) is 19.7. The molecule has 4 aromatic carbocycles. The molecule has 1 fully saturated rings. The van der Waals surface area contributed by atoms with E-state index in [2.05, 4.69) is 115 Å². The molecule has 108 heavy (non-hydrogen) atoms. The Labute approximate surface area is 618 Å². The third kappa shape index (κ3) is 24.4. The number of fused-ring (bicyclic) bond motifs is 2. The van der Waals surface area contributed by atoms with Gasteiger partial charge in [-0.2, -0.15) is 17.0 Å². The average molecular weight is 1580 g/mol. The predicted octanol–water partition coefficient (Wildman–Crippen LogP) is 7.27. The number of amides is 3. The SMILES string of the molecule is CC1(C)/C(=C\C=C\C2N(CCCOc3ccc(O)cc3)c3ccccc3C2(C)C)N(CCCCCC(=O)NCCNC(=O)c2cccc(OCC(N=[N+]=[N-])OCCOCC(=O)NCC#Cc3cn(C4CC(OCN=[N+]=[N-])C(COP(=O)(O)OP(=O)(O)OP(=O)(O)O)O4)c(=O)[nH]c3=O)c2)c2ccc(S(=O)(=O)O)cc21. The highest BCUT2D eigenvalue weighted by Gasteiger charge is 2.46. The maximum Gasteiger partial charge on any atom is 0.490 e. The zero-order valence-electron chi connectivity index (χ0n) is 58.8. The lowest BCUT2D eigenvalue weighted by Gasteiger charge is -2.32. The summed E-state index contributed by atoms with van der Waals surface area (Å²) in [5, 5.41) is 24.5. The van der Waals surface area contributed by atoms with Crippen LogP contribution in [0, 0.1) is 11.8 Å². The number of nitrogens with one attached hydrogen (secondary N) is 4. The van der Waals surface area contributed by atoms with Crippen LogP contribution >= 0.6 is 23.5 Å². The number of carbonyl (C=O) groups is 3. The van der Waals surface area contributed by atoms with E-state index in [1.165, 1.54) is 23.8 Å². The fourth-order valence-electron chi connectivity index (χ4n) is 12.1. The molecule has 0 bridgehead atoms. The monoisotopic (exact) mass is 1580 g/mol. The molecule has 3 aliphatic rings. The van der Waals surface area contributed by atoms with Crippen LogP contribution in [0.15, 0.2) is 146 Å². The number of anilines is 2. The lowest BCUT2D eigenvalue weighted by atomic mass is 9.80. The summed E-state index contributed by atoms with van der Waals surface area (Å²) in [6.45, 7) is 7.42. The molecule has 0 spiro atoms. The fourth-order valence-corrected chi connectivity index (χ4v) is 15.6. The Kier molecular flexibility index (Phi) is 29.9. The van der Waals surface area contributed by atoms with Gasteiger partial charge in [0.05, 0.1) is 50.0 Å². The van der Waals surface area contributed by atoms with Crippen molar-refractivity contribution in [1.82, 2.24) is 25.5 Å². The summed E-state index contributed by atoms with van der Waals surface area (Å²) in [4.78, 5) is 113. The van der Waals surface area contributed by atoms with Gasteiger partial charge in [0, 0.05) is 88.5 Å². The number of ether oxygens (including phenoxy) is 6. The van der Waals surface area contributed by atoms with Crippen LogP contribution in [0.5, 0.6) is 17.2 Å². The van der Waals surface area contributed by atoms with Crippen LogP contribution in [-0.4, -0.2) is 168 Å². The van der Waals surface area contributed by atoms with E-state index in [1.807, 2.05) is 31.0 Å². The Balaban J connectivity index is 0.733. The number of unbranched alkanes of at least 4 members (excludes halogenated alkanes) is 2. The third-order valence-electron chi connectivity index (χ3n) is 17.1. The minimum atomic E-state index is -5.87. The number of phenolic OH excluding ortho intramolecular Hbond substituents is 1. The van der Waals surface area contributed by atoms with Crippen LogP contribution in [-0.2, 0) is 76.3 Å². The summed E-state index contributed by atoms with van der Waals surface area (Å²) in [7, 11) is -21.7. The van der Waals surface area contributed by atoms with Crippen molar-refractivity contribution in [2.75, 3.05) is 88.9 Å². The number of aromatic nitrogens is 2. The molecule has 3 amide bonds. The summed E-state index contributed by atoms with van der Waals surface area (Å²) >= 11 is 0. The Bertz CT molecular complexity index is 4670. The minimum Gasteiger partial charge on any atom is -0.508 e. The van der Waals surface area contributed by atoms with Crippen molar-refractivity contribution in [3.63, 3.8) is 0 Å². The van der Waals surface area contributed by atoms with Crippen molar-refractivity contribution in [1.29, 1.82) is 0 Å². The first kappa shape index (κ1) is 84.4. The van der Waals surface area contributed by atoms with Crippen molar-refractivity contribution in [2.24, 2.45) is 10.2 Å². The Morgan fingerprint density at radius 2 is 1.58 bits per heavy atom. The Morgan fingerprint density at radius 3 is 2.32 bits per heavy atom. The molecular weight excluding hydrogens is 1500 g/mol. The van der Waals surface area contributed by atoms with Gasteiger partial charge in [0.25, 0.3) is 21.6 Å². The number of azide groups is 2. The number of aromatic hydroxyl groups is 1. The predicted molar refractivity (Wildman–Crippen MR) is 387 cm³/mol. The van der Waals surface area contributed by atoms with Gasteiger partial charge in [0.1, 0.15) is 55.1 Å².